The zero-order valence-electron chi connectivity index (χ0n) is 12.0. The number of benzene rings is 1. The molecule has 0 aliphatic carbocycles. The van der Waals surface area contributed by atoms with Crippen molar-refractivity contribution in [3.8, 4) is 5.69 Å². The summed E-state index contributed by atoms with van der Waals surface area (Å²) in [5, 5.41) is 10.5. The van der Waals surface area contributed by atoms with Crippen LogP contribution in [0.5, 0.6) is 0 Å². The van der Waals surface area contributed by atoms with Gasteiger partial charge in [-0.05, 0) is 24.1 Å². The highest BCUT2D eigenvalue weighted by atomic mass is 16.1. The predicted octanol–water partition coefficient (Wildman–Crippen LogP) is 1.14. The van der Waals surface area contributed by atoms with Gasteiger partial charge in [-0.1, -0.05) is 18.2 Å². The van der Waals surface area contributed by atoms with Crippen molar-refractivity contribution in [2.24, 2.45) is 5.92 Å². The quantitative estimate of drug-likeness (QED) is 0.836. The molecule has 0 unspecified atom stereocenters. The molecule has 0 saturated carbocycles. The Morgan fingerprint density at radius 2 is 2.14 bits per heavy atom. The maximum atomic E-state index is 11.8. The summed E-state index contributed by atoms with van der Waals surface area (Å²) < 4.78 is 1.84. The number of hydrogen-bond donors (Lipinski definition) is 2. The smallest absolute Gasteiger partial charge is 0.220 e. The monoisotopic (exact) mass is 284 g/mol. The Morgan fingerprint density at radius 1 is 1.33 bits per heavy atom. The van der Waals surface area contributed by atoms with E-state index in [0.717, 1.165) is 37.3 Å². The average Bonchev–Trinajstić information content (AvgIpc) is 2.93. The van der Waals surface area contributed by atoms with Gasteiger partial charge in [0.05, 0.1) is 11.9 Å². The van der Waals surface area contributed by atoms with Gasteiger partial charge in [-0.3, -0.25) is 4.79 Å². The molecule has 1 aliphatic rings. The summed E-state index contributed by atoms with van der Waals surface area (Å²) in [5.74, 6) is 0.726. The molecule has 21 heavy (non-hydrogen) atoms. The molecule has 5 heteroatoms. The average molecular weight is 284 g/mol. The number of amides is 1. The van der Waals surface area contributed by atoms with Crippen molar-refractivity contribution in [3.63, 3.8) is 0 Å². The molecule has 5 nitrogen and oxygen atoms in total. The minimum absolute atomic E-state index is 0.120. The Kier molecular flexibility index (Phi) is 4.31. The molecule has 1 saturated heterocycles. The second-order valence-electron chi connectivity index (χ2n) is 5.46. The van der Waals surface area contributed by atoms with Gasteiger partial charge in [-0.2, -0.15) is 5.10 Å². The summed E-state index contributed by atoms with van der Waals surface area (Å²) in [4.78, 5) is 11.8. The van der Waals surface area contributed by atoms with Gasteiger partial charge in [0.2, 0.25) is 5.91 Å². The molecule has 0 bridgehead atoms. The lowest BCUT2D eigenvalue weighted by molar-refractivity contribution is -0.121. The number of hydrogen-bond acceptors (Lipinski definition) is 3. The first-order valence-corrected chi connectivity index (χ1v) is 7.37. The molecule has 1 aromatic carbocycles. The van der Waals surface area contributed by atoms with Crippen LogP contribution >= 0.6 is 0 Å². The number of aryl methyl sites for hydroxylation is 1. The number of carbonyl (C=O) groups excluding carboxylic acids is 1. The molecular formula is C16H20N4O. The Morgan fingerprint density at radius 3 is 2.86 bits per heavy atom. The highest BCUT2D eigenvalue weighted by molar-refractivity contribution is 5.76. The lowest BCUT2D eigenvalue weighted by Gasteiger charge is -2.27. The van der Waals surface area contributed by atoms with E-state index in [4.69, 9.17) is 0 Å². The Bertz CT molecular complexity index is 589. The van der Waals surface area contributed by atoms with Crippen LogP contribution in [-0.4, -0.2) is 35.3 Å². The molecular weight excluding hydrogens is 264 g/mol. The van der Waals surface area contributed by atoms with E-state index in [-0.39, 0.29) is 5.91 Å². The molecule has 2 aromatic rings. The van der Waals surface area contributed by atoms with Gasteiger partial charge in [-0.25, -0.2) is 4.68 Å². The third-order valence-electron chi connectivity index (χ3n) is 3.75. The summed E-state index contributed by atoms with van der Waals surface area (Å²) in [6, 6.07) is 9.97. The van der Waals surface area contributed by atoms with Gasteiger partial charge >= 0.3 is 0 Å². The fourth-order valence-electron chi connectivity index (χ4n) is 2.31. The second kappa shape index (κ2) is 6.54. The largest absolute Gasteiger partial charge is 0.356 e. The fraction of sp³-hybridized carbons (Fsp3) is 0.375. The van der Waals surface area contributed by atoms with Crippen molar-refractivity contribution in [1.29, 1.82) is 0 Å². The van der Waals surface area contributed by atoms with E-state index in [1.165, 1.54) is 0 Å². The van der Waals surface area contributed by atoms with Crippen molar-refractivity contribution >= 4 is 5.91 Å². The first-order valence-electron chi connectivity index (χ1n) is 7.37. The predicted molar refractivity (Wildman–Crippen MR) is 81.3 cm³/mol. The van der Waals surface area contributed by atoms with E-state index < -0.39 is 0 Å². The van der Waals surface area contributed by atoms with Gasteiger partial charge in [0.25, 0.3) is 0 Å². The Balaban J connectivity index is 1.47. The van der Waals surface area contributed by atoms with Crippen molar-refractivity contribution in [2.45, 2.75) is 12.8 Å². The molecule has 0 spiro atoms. The molecule has 3 rings (SSSR count). The number of para-hydroxylation sites is 1. The molecule has 1 aromatic heterocycles. The highest BCUT2D eigenvalue weighted by Crippen LogP contribution is 2.09. The van der Waals surface area contributed by atoms with Crippen LogP contribution in [-0.2, 0) is 11.2 Å². The fourth-order valence-corrected chi connectivity index (χ4v) is 2.31. The topological polar surface area (TPSA) is 59.0 Å². The van der Waals surface area contributed by atoms with Crippen molar-refractivity contribution in [2.75, 3.05) is 19.6 Å². The normalized spacial score (nSPS) is 14.7. The van der Waals surface area contributed by atoms with Crippen LogP contribution in [0.2, 0.25) is 0 Å². The molecule has 0 radical (unpaired) electrons. The number of aromatic nitrogens is 2. The van der Waals surface area contributed by atoms with Crippen LogP contribution in [0.4, 0.5) is 0 Å². The zero-order valence-corrected chi connectivity index (χ0v) is 12.0. The van der Waals surface area contributed by atoms with Crippen LogP contribution in [0.15, 0.2) is 42.7 Å². The molecule has 1 amide bonds. The van der Waals surface area contributed by atoms with Crippen molar-refractivity contribution in [3.05, 3.63) is 48.3 Å². The van der Waals surface area contributed by atoms with Gasteiger partial charge in [0.15, 0.2) is 0 Å². The summed E-state index contributed by atoms with van der Waals surface area (Å²) in [5.41, 5.74) is 2.12. The molecule has 110 valence electrons. The second-order valence-corrected chi connectivity index (χ2v) is 5.46. The molecule has 2 N–H and O–H groups in total. The van der Waals surface area contributed by atoms with Crippen LogP contribution < -0.4 is 10.6 Å². The third-order valence-corrected chi connectivity index (χ3v) is 3.75. The maximum Gasteiger partial charge on any atom is 0.220 e. The summed E-state index contributed by atoms with van der Waals surface area (Å²) >= 11 is 0. The summed E-state index contributed by atoms with van der Waals surface area (Å²) in [7, 11) is 0. The van der Waals surface area contributed by atoms with E-state index in [1.54, 1.807) is 0 Å². The Labute approximate surface area is 124 Å². The standard InChI is InChI=1S/C16H20N4O/c21-16(18-10-14-8-17-9-14)7-6-13-11-19-20(12-13)15-4-2-1-3-5-15/h1-5,11-12,14,17H,6-10H2,(H,18,21). The molecule has 2 heterocycles. The van der Waals surface area contributed by atoms with Gasteiger partial charge in [0.1, 0.15) is 0 Å². The van der Waals surface area contributed by atoms with E-state index >= 15 is 0 Å². The lowest BCUT2D eigenvalue weighted by Crippen LogP contribution is -2.48. The van der Waals surface area contributed by atoms with Crippen LogP contribution in [0.1, 0.15) is 12.0 Å². The van der Waals surface area contributed by atoms with E-state index in [0.29, 0.717) is 12.3 Å². The third kappa shape index (κ3) is 3.70. The van der Waals surface area contributed by atoms with Gasteiger partial charge in [-0.15, -0.1) is 0 Å². The van der Waals surface area contributed by atoms with E-state index in [9.17, 15) is 4.79 Å². The van der Waals surface area contributed by atoms with Gasteiger partial charge in [0, 0.05) is 38.2 Å². The van der Waals surface area contributed by atoms with Crippen LogP contribution in [0.25, 0.3) is 5.69 Å². The van der Waals surface area contributed by atoms with Crippen LogP contribution in [0.3, 0.4) is 0 Å². The zero-order chi connectivity index (χ0) is 14.5. The number of nitrogens with zero attached hydrogens (tertiary/aromatic N) is 2. The van der Waals surface area contributed by atoms with Crippen LogP contribution in [0, 0.1) is 5.92 Å². The lowest BCUT2D eigenvalue weighted by atomic mass is 10.0. The minimum Gasteiger partial charge on any atom is -0.356 e. The first-order chi connectivity index (χ1) is 10.3. The number of nitrogens with one attached hydrogen (secondary N) is 2. The van der Waals surface area contributed by atoms with E-state index in [1.807, 2.05) is 47.4 Å². The highest BCUT2D eigenvalue weighted by Gasteiger charge is 2.16. The van der Waals surface area contributed by atoms with Crippen molar-refractivity contribution in [1.82, 2.24) is 20.4 Å². The van der Waals surface area contributed by atoms with E-state index in [2.05, 4.69) is 15.7 Å². The first kappa shape index (κ1) is 13.8. The molecule has 1 aliphatic heterocycles. The molecule has 0 atom stereocenters. The van der Waals surface area contributed by atoms with Gasteiger partial charge < -0.3 is 10.6 Å². The summed E-state index contributed by atoms with van der Waals surface area (Å²) in [6.45, 7) is 2.82. The number of rotatable bonds is 6. The van der Waals surface area contributed by atoms with Crippen molar-refractivity contribution < 1.29 is 4.79 Å². The SMILES string of the molecule is O=C(CCc1cnn(-c2ccccc2)c1)NCC1CNC1. The maximum absolute atomic E-state index is 11.8. The minimum atomic E-state index is 0.120. The number of carbonyl (C=O) groups is 1. The Hall–Kier alpha value is -2.14. The molecule has 1 fully saturated rings. The summed E-state index contributed by atoms with van der Waals surface area (Å²) in [6.07, 6.45) is 5.05.